The van der Waals surface area contributed by atoms with Crippen LogP contribution in [0, 0.1) is 0 Å². The van der Waals surface area contributed by atoms with Crippen LogP contribution in [0.15, 0.2) is 79.1 Å². The predicted molar refractivity (Wildman–Crippen MR) is 137 cm³/mol. The van der Waals surface area contributed by atoms with E-state index in [1.807, 2.05) is 18.3 Å². The lowest BCUT2D eigenvalue weighted by Crippen LogP contribution is -2.48. The fourth-order valence-corrected chi connectivity index (χ4v) is 5.17. The van der Waals surface area contributed by atoms with E-state index < -0.39 is 0 Å². The Hall–Kier alpha value is -3.61. The summed E-state index contributed by atoms with van der Waals surface area (Å²) in [5.74, 6) is 0.858. The fourth-order valence-electron chi connectivity index (χ4n) is 5.17. The Balaban J connectivity index is 1.41. The first kappa shape index (κ1) is 21.0. The van der Waals surface area contributed by atoms with Crippen LogP contribution in [0.3, 0.4) is 0 Å². The van der Waals surface area contributed by atoms with Crippen LogP contribution in [0.2, 0.25) is 0 Å². The van der Waals surface area contributed by atoms with Crippen LogP contribution in [0.4, 0.5) is 0 Å². The summed E-state index contributed by atoms with van der Waals surface area (Å²) in [6.45, 7) is 5.21. The minimum Gasteiger partial charge on any atom is -0.497 e. The first-order chi connectivity index (χ1) is 16.7. The highest BCUT2D eigenvalue weighted by molar-refractivity contribution is 5.98. The number of aromatic nitrogens is 3. The van der Waals surface area contributed by atoms with Crippen molar-refractivity contribution in [2.45, 2.75) is 19.1 Å². The zero-order chi connectivity index (χ0) is 23.1. The van der Waals surface area contributed by atoms with Gasteiger partial charge in [0.1, 0.15) is 11.4 Å². The maximum atomic E-state index is 5.57. The first-order valence-electron chi connectivity index (χ1n) is 11.9. The van der Waals surface area contributed by atoms with Gasteiger partial charge in [-0.25, -0.2) is 4.98 Å². The van der Waals surface area contributed by atoms with E-state index in [0.29, 0.717) is 6.04 Å². The Morgan fingerprint density at radius 1 is 1.06 bits per heavy atom. The highest BCUT2D eigenvalue weighted by Gasteiger charge is 2.27. The zero-order valence-electron chi connectivity index (χ0n) is 19.5. The molecule has 0 amide bonds. The van der Waals surface area contributed by atoms with Crippen LogP contribution in [0.5, 0.6) is 5.75 Å². The number of benzene rings is 2. The minimum atomic E-state index is 0.173. The smallest absolute Gasteiger partial charge is 0.137 e. The number of hydrogen-bond donors (Lipinski definition) is 2. The molecule has 4 heterocycles. The average molecular weight is 452 g/mol. The molecule has 3 aromatic heterocycles. The van der Waals surface area contributed by atoms with Crippen molar-refractivity contribution in [2.24, 2.45) is 0 Å². The Labute approximate surface area is 199 Å². The SMILES string of the molecule is COc1ccc2c(c1)c(-c1cc3cccnc3[nH]1)cn2C1CN(C(C)c2ccccc2)CCN1. The Kier molecular flexibility index (Phi) is 5.32. The van der Waals surface area contributed by atoms with Gasteiger partial charge in [0, 0.05) is 60.1 Å². The number of nitrogens with one attached hydrogen (secondary N) is 2. The maximum Gasteiger partial charge on any atom is 0.137 e. The molecule has 0 spiro atoms. The topological polar surface area (TPSA) is 58.1 Å². The highest BCUT2D eigenvalue weighted by Crippen LogP contribution is 2.36. The molecule has 34 heavy (non-hydrogen) atoms. The van der Waals surface area contributed by atoms with Crippen molar-refractivity contribution in [2.75, 3.05) is 26.7 Å². The van der Waals surface area contributed by atoms with E-state index in [1.165, 1.54) is 16.5 Å². The Morgan fingerprint density at radius 3 is 2.76 bits per heavy atom. The largest absolute Gasteiger partial charge is 0.497 e. The van der Waals surface area contributed by atoms with Crippen molar-refractivity contribution in [3.63, 3.8) is 0 Å². The first-order valence-corrected chi connectivity index (χ1v) is 11.9. The molecular formula is C28H29N5O. The van der Waals surface area contributed by atoms with Gasteiger partial charge in [-0.3, -0.25) is 10.2 Å². The summed E-state index contributed by atoms with van der Waals surface area (Å²) in [6.07, 6.45) is 4.26. The second kappa shape index (κ2) is 8.63. The van der Waals surface area contributed by atoms with Gasteiger partial charge in [0.05, 0.1) is 18.8 Å². The molecule has 0 bridgehead atoms. The molecule has 6 nitrogen and oxygen atoms in total. The summed E-state index contributed by atoms with van der Waals surface area (Å²) >= 11 is 0. The number of pyridine rings is 1. The van der Waals surface area contributed by atoms with Crippen molar-refractivity contribution in [1.29, 1.82) is 0 Å². The van der Waals surface area contributed by atoms with E-state index >= 15 is 0 Å². The molecule has 1 aliphatic heterocycles. The number of aromatic amines is 1. The van der Waals surface area contributed by atoms with E-state index in [1.54, 1.807) is 7.11 Å². The number of hydrogen-bond acceptors (Lipinski definition) is 4. The number of methoxy groups -OCH3 is 1. The highest BCUT2D eigenvalue weighted by atomic mass is 16.5. The maximum absolute atomic E-state index is 5.57. The fraction of sp³-hybridized carbons (Fsp3) is 0.250. The predicted octanol–water partition coefficient (Wildman–Crippen LogP) is 5.36. The van der Waals surface area contributed by atoms with Crippen molar-refractivity contribution >= 4 is 21.9 Å². The molecule has 6 rings (SSSR count). The second-order valence-electron chi connectivity index (χ2n) is 9.01. The molecule has 2 unspecified atom stereocenters. The van der Waals surface area contributed by atoms with Crippen molar-refractivity contribution in [3.05, 3.63) is 84.7 Å². The number of nitrogens with zero attached hydrogens (tertiary/aromatic N) is 3. The number of rotatable bonds is 5. The van der Waals surface area contributed by atoms with Crippen LogP contribution >= 0.6 is 0 Å². The van der Waals surface area contributed by atoms with Crippen LogP contribution in [-0.2, 0) is 0 Å². The van der Waals surface area contributed by atoms with Crippen LogP contribution < -0.4 is 10.1 Å². The molecule has 2 N–H and O–H groups in total. The summed E-state index contributed by atoms with van der Waals surface area (Å²) in [5, 5.41) is 6.03. The molecule has 0 radical (unpaired) electrons. The molecule has 0 saturated carbocycles. The van der Waals surface area contributed by atoms with E-state index in [9.17, 15) is 0 Å². The normalized spacial score (nSPS) is 17.9. The quantitative estimate of drug-likeness (QED) is 0.378. The summed E-state index contributed by atoms with van der Waals surface area (Å²) in [6, 6.07) is 23.7. The van der Waals surface area contributed by atoms with Gasteiger partial charge in [0.15, 0.2) is 0 Å². The van der Waals surface area contributed by atoms with Gasteiger partial charge in [-0.2, -0.15) is 0 Å². The molecule has 6 heteroatoms. The Bertz CT molecular complexity index is 1400. The lowest BCUT2D eigenvalue weighted by molar-refractivity contribution is 0.128. The molecular weight excluding hydrogens is 422 g/mol. The third-order valence-electron chi connectivity index (χ3n) is 7.07. The lowest BCUT2D eigenvalue weighted by atomic mass is 10.1. The van der Waals surface area contributed by atoms with Crippen molar-refractivity contribution < 1.29 is 4.74 Å². The van der Waals surface area contributed by atoms with Crippen molar-refractivity contribution in [3.8, 4) is 17.0 Å². The van der Waals surface area contributed by atoms with Crippen LogP contribution in [0.1, 0.15) is 24.7 Å². The third kappa shape index (κ3) is 3.65. The van der Waals surface area contributed by atoms with E-state index in [2.05, 4.69) is 92.5 Å². The molecule has 2 atom stereocenters. The molecule has 2 aromatic carbocycles. The third-order valence-corrected chi connectivity index (χ3v) is 7.07. The zero-order valence-corrected chi connectivity index (χ0v) is 19.5. The monoisotopic (exact) mass is 451 g/mol. The second-order valence-corrected chi connectivity index (χ2v) is 9.01. The van der Waals surface area contributed by atoms with Gasteiger partial charge in [0.2, 0.25) is 0 Å². The minimum absolute atomic E-state index is 0.173. The Morgan fingerprint density at radius 2 is 1.94 bits per heavy atom. The summed E-state index contributed by atoms with van der Waals surface area (Å²) in [5.41, 5.74) is 5.67. The summed E-state index contributed by atoms with van der Waals surface area (Å²) < 4.78 is 7.95. The molecule has 0 aliphatic carbocycles. The summed E-state index contributed by atoms with van der Waals surface area (Å²) in [4.78, 5) is 10.6. The molecule has 1 fully saturated rings. The summed E-state index contributed by atoms with van der Waals surface area (Å²) in [7, 11) is 1.72. The van der Waals surface area contributed by atoms with Gasteiger partial charge in [0.25, 0.3) is 0 Å². The van der Waals surface area contributed by atoms with Crippen molar-refractivity contribution in [1.82, 2.24) is 24.8 Å². The molecule has 1 aliphatic rings. The van der Waals surface area contributed by atoms with E-state index in [0.717, 1.165) is 47.7 Å². The standard InChI is InChI=1S/C28H29N5O/c1-19(20-7-4-3-5-8-20)32-14-13-29-27(18-32)33-17-24(23-16-22(34-2)10-11-26(23)33)25-15-21-9-6-12-30-28(21)31-25/h3-12,15-17,19,27,29H,13-14,18H2,1-2H3,(H,30,31). The number of H-pyrrole nitrogens is 1. The van der Waals surface area contributed by atoms with Gasteiger partial charge in [-0.1, -0.05) is 30.3 Å². The van der Waals surface area contributed by atoms with Crippen LogP contribution in [-0.4, -0.2) is 46.2 Å². The van der Waals surface area contributed by atoms with Gasteiger partial charge < -0.3 is 14.3 Å². The van der Waals surface area contributed by atoms with Gasteiger partial charge in [-0.15, -0.1) is 0 Å². The molecule has 172 valence electrons. The van der Waals surface area contributed by atoms with Crippen LogP contribution in [0.25, 0.3) is 33.2 Å². The number of ether oxygens (including phenoxy) is 1. The number of piperazine rings is 1. The van der Waals surface area contributed by atoms with Gasteiger partial charge >= 0.3 is 0 Å². The number of fused-ring (bicyclic) bond motifs is 2. The lowest BCUT2D eigenvalue weighted by Gasteiger charge is -2.38. The molecule has 5 aromatic rings. The van der Waals surface area contributed by atoms with E-state index in [-0.39, 0.29) is 6.17 Å². The van der Waals surface area contributed by atoms with Gasteiger partial charge in [-0.05, 0) is 48.9 Å². The van der Waals surface area contributed by atoms with E-state index in [4.69, 9.17) is 4.74 Å². The average Bonchev–Trinajstić information content (AvgIpc) is 3.50. The molecule has 1 saturated heterocycles.